The molecule has 0 aromatic heterocycles. The van der Waals surface area contributed by atoms with Crippen molar-refractivity contribution >= 4 is 11.6 Å². The van der Waals surface area contributed by atoms with E-state index in [1.54, 1.807) is 7.11 Å². The first kappa shape index (κ1) is 12.3. The van der Waals surface area contributed by atoms with E-state index in [9.17, 15) is 0 Å². The summed E-state index contributed by atoms with van der Waals surface area (Å²) in [7, 11) is 1.66. The van der Waals surface area contributed by atoms with E-state index in [0.29, 0.717) is 6.54 Å². The Labute approximate surface area is 96.4 Å². The van der Waals surface area contributed by atoms with Crippen LogP contribution in [-0.2, 0) is 5.41 Å². The fourth-order valence-corrected chi connectivity index (χ4v) is 2.24. The largest absolute Gasteiger partial charge is 0.496 e. The molecule has 0 saturated carbocycles. The number of ether oxygens (including phenoxy) is 1. The molecule has 0 aliphatic carbocycles. The van der Waals surface area contributed by atoms with Crippen LogP contribution >= 0.6 is 11.6 Å². The second kappa shape index (κ2) is 4.86. The molecule has 0 saturated heterocycles. The number of halogens is 1. The van der Waals surface area contributed by atoms with Crippen LogP contribution in [-0.4, -0.2) is 13.7 Å². The molecular formula is C12H18ClNO. The predicted octanol–water partition coefficient (Wildman–Crippen LogP) is 2.98. The number of hydrogen-bond donors (Lipinski definition) is 1. The van der Waals surface area contributed by atoms with E-state index in [-0.39, 0.29) is 5.41 Å². The van der Waals surface area contributed by atoms with Crippen LogP contribution < -0.4 is 10.5 Å². The topological polar surface area (TPSA) is 35.2 Å². The summed E-state index contributed by atoms with van der Waals surface area (Å²) in [5.74, 6) is 0.834. The average Bonchev–Trinajstić information content (AvgIpc) is 2.16. The van der Waals surface area contributed by atoms with Crippen LogP contribution in [0.1, 0.15) is 25.8 Å². The van der Waals surface area contributed by atoms with E-state index in [4.69, 9.17) is 22.1 Å². The monoisotopic (exact) mass is 227 g/mol. The Balaban J connectivity index is 3.21. The SMILES string of the molecule is COc1cccc(Cl)c1C(C)(C)CCN. The molecule has 0 amide bonds. The molecule has 0 spiro atoms. The summed E-state index contributed by atoms with van der Waals surface area (Å²) in [5.41, 5.74) is 6.59. The molecule has 0 heterocycles. The summed E-state index contributed by atoms with van der Waals surface area (Å²) in [6, 6.07) is 5.71. The van der Waals surface area contributed by atoms with Crippen molar-refractivity contribution in [2.24, 2.45) is 5.73 Å². The molecule has 0 aliphatic heterocycles. The Morgan fingerprint density at radius 2 is 2.07 bits per heavy atom. The first-order chi connectivity index (χ1) is 7.03. The lowest BCUT2D eigenvalue weighted by Gasteiger charge is -2.27. The third kappa shape index (κ3) is 2.64. The van der Waals surface area contributed by atoms with Gasteiger partial charge in [0, 0.05) is 10.6 Å². The Hall–Kier alpha value is -0.730. The van der Waals surface area contributed by atoms with Gasteiger partial charge in [-0.05, 0) is 30.5 Å². The lowest BCUT2D eigenvalue weighted by molar-refractivity contribution is 0.387. The van der Waals surface area contributed by atoms with Crippen molar-refractivity contribution in [3.05, 3.63) is 28.8 Å². The maximum Gasteiger partial charge on any atom is 0.124 e. The quantitative estimate of drug-likeness (QED) is 0.859. The number of hydrogen-bond acceptors (Lipinski definition) is 2. The van der Waals surface area contributed by atoms with Crippen LogP contribution in [0.25, 0.3) is 0 Å². The Kier molecular flexibility index (Phi) is 4.00. The Morgan fingerprint density at radius 3 is 2.60 bits per heavy atom. The molecule has 2 N–H and O–H groups in total. The summed E-state index contributed by atoms with van der Waals surface area (Å²) in [6.07, 6.45) is 0.882. The van der Waals surface area contributed by atoms with Crippen molar-refractivity contribution in [2.75, 3.05) is 13.7 Å². The van der Waals surface area contributed by atoms with Gasteiger partial charge in [0.05, 0.1) is 7.11 Å². The summed E-state index contributed by atoms with van der Waals surface area (Å²) < 4.78 is 5.33. The number of nitrogens with two attached hydrogens (primary N) is 1. The van der Waals surface area contributed by atoms with Crippen LogP contribution in [0.5, 0.6) is 5.75 Å². The fraction of sp³-hybridized carbons (Fsp3) is 0.500. The van der Waals surface area contributed by atoms with E-state index in [2.05, 4.69) is 13.8 Å². The Bertz CT molecular complexity index is 336. The van der Waals surface area contributed by atoms with Crippen LogP contribution in [0, 0.1) is 0 Å². The molecule has 0 aliphatic rings. The molecule has 0 atom stereocenters. The highest BCUT2D eigenvalue weighted by Crippen LogP contribution is 2.38. The normalized spacial score (nSPS) is 11.5. The van der Waals surface area contributed by atoms with Gasteiger partial charge in [-0.15, -0.1) is 0 Å². The highest BCUT2D eigenvalue weighted by Gasteiger charge is 2.26. The fourth-order valence-electron chi connectivity index (χ4n) is 1.82. The molecule has 0 unspecified atom stereocenters. The highest BCUT2D eigenvalue weighted by molar-refractivity contribution is 6.31. The average molecular weight is 228 g/mol. The first-order valence-corrected chi connectivity index (χ1v) is 5.44. The van der Waals surface area contributed by atoms with Gasteiger partial charge in [-0.1, -0.05) is 31.5 Å². The molecule has 2 nitrogen and oxygen atoms in total. The van der Waals surface area contributed by atoms with Gasteiger partial charge in [0.1, 0.15) is 5.75 Å². The summed E-state index contributed by atoms with van der Waals surface area (Å²) in [6.45, 7) is 4.90. The zero-order valence-electron chi connectivity index (χ0n) is 9.51. The molecule has 1 aromatic rings. The minimum atomic E-state index is -0.0571. The summed E-state index contributed by atoms with van der Waals surface area (Å²) in [5, 5.41) is 0.743. The molecule has 1 aromatic carbocycles. The lowest BCUT2D eigenvalue weighted by atomic mass is 9.81. The number of methoxy groups -OCH3 is 1. The smallest absolute Gasteiger partial charge is 0.124 e. The number of rotatable bonds is 4. The summed E-state index contributed by atoms with van der Waals surface area (Å²) in [4.78, 5) is 0. The van der Waals surface area contributed by atoms with Gasteiger partial charge in [-0.25, -0.2) is 0 Å². The first-order valence-electron chi connectivity index (χ1n) is 5.06. The second-order valence-corrected chi connectivity index (χ2v) is 4.65. The van der Waals surface area contributed by atoms with Crippen molar-refractivity contribution in [3.63, 3.8) is 0 Å². The van der Waals surface area contributed by atoms with Gasteiger partial charge in [0.2, 0.25) is 0 Å². The van der Waals surface area contributed by atoms with Gasteiger partial charge < -0.3 is 10.5 Å². The van der Waals surface area contributed by atoms with Gasteiger partial charge in [0.15, 0.2) is 0 Å². The van der Waals surface area contributed by atoms with Gasteiger partial charge in [-0.3, -0.25) is 0 Å². The van der Waals surface area contributed by atoms with Crippen LogP contribution in [0.4, 0.5) is 0 Å². The van der Waals surface area contributed by atoms with E-state index in [1.165, 1.54) is 0 Å². The second-order valence-electron chi connectivity index (χ2n) is 4.24. The van der Waals surface area contributed by atoms with Crippen molar-refractivity contribution < 1.29 is 4.74 Å². The molecule has 84 valence electrons. The molecule has 1 rings (SSSR count). The van der Waals surface area contributed by atoms with Gasteiger partial charge in [-0.2, -0.15) is 0 Å². The van der Waals surface area contributed by atoms with Crippen molar-refractivity contribution in [3.8, 4) is 5.75 Å². The predicted molar refractivity (Wildman–Crippen MR) is 64.7 cm³/mol. The van der Waals surface area contributed by atoms with Gasteiger partial charge >= 0.3 is 0 Å². The lowest BCUT2D eigenvalue weighted by Crippen LogP contribution is -2.22. The highest BCUT2D eigenvalue weighted by atomic mass is 35.5. The molecule has 3 heteroatoms. The zero-order valence-corrected chi connectivity index (χ0v) is 10.3. The standard InChI is InChI=1S/C12H18ClNO/c1-12(2,7-8-14)11-9(13)5-4-6-10(11)15-3/h4-6H,7-8,14H2,1-3H3. The molecule has 0 radical (unpaired) electrons. The zero-order chi connectivity index (χ0) is 11.5. The van der Waals surface area contributed by atoms with E-state index >= 15 is 0 Å². The Morgan fingerprint density at radius 1 is 1.40 bits per heavy atom. The van der Waals surface area contributed by atoms with Crippen molar-refractivity contribution in [1.29, 1.82) is 0 Å². The van der Waals surface area contributed by atoms with E-state index in [0.717, 1.165) is 22.8 Å². The molecule has 0 fully saturated rings. The molecule has 0 bridgehead atoms. The van der Waals surface area contributed by atoms with Crippen molar-refractivity contribution in [1.82, 2.24) is 0 Å². The van der Waals surface area contributed by atoms with E-state index in [1.807, 2.05) is 18.2 Å². The van der Waals surface area contributed by atoms with Crippen LogP contribution in [0.2, 0.25) is 5.02 Å². The number of benzene rings is 1. The third-order valence-corrected chi connectivity index (χ3v) is 2.96. The van der Waals surface area contributed by atoms with Crippen LogP contribution in [0.3, 0.4) is 0 Å². The van der Waals surface area contributed by atoms with E-state index < -0.39 is 0 Å². The van der Waals surface area contributed by atoms with Gasteiger partial charge in [0.25, 0.3) is 0 Å². The van der Waals surface area contributed by atoms with Crippen LogP contribution in [0.15, 0.2) is 18.2 Å². The molecule has 15 heavy (non-hydrogen) atoms. The summed E-state index contributed by atoms with van der Waals surface area (Å²) >= 11 is 6.21. The minimum Gasteiger partial charge on any atom is -0.496 e. The maximum atomic E-state index is 6.21. The minimum absolute atomic E-state index is 0.0571. The van der Waals surface area contributed by atoms with Crippen molar-refractivity contribution in [2.45, 2.75) is 25.7 Å². The molecular weight excluding hydrogens is 210 g/mol. The maximum absolute atomic E-state index is 6.21. The third-order valence-electron chi connectivity index (χ3n) is 2.64.